The number of ether oxygens (including phenoxy) is 2. The van der Waals surface area contributed by atoms with E-state index >= 15 is 0 Å². The van der Waals surface area contributed by atoms with Gasteiger partial charge in [-0.3, -0.25) is 14.5 Å². The number of halogens is 2. The molecule has 2 atom stereocenters. The molecule has 0 bridgehead atoms. The lowest BCUT2D eigenvalue weighted by molar-refractivity contribution is -0.137. The first-order valence-electron chi connectivity index (χ1n) is 15.0. The maximum Gasteiger partial charge on any atom is 0.410 e. The SMILES string of the molecule is Cc1cc(Oc2ccccc2)ccc1N(C(=O)CCl)C(C(=O)N1CCN(C(=O)OC(C)(C)C)[C@@H](C(C)C)C1)c1ccc(F)cc1. The van der Waals surface area contributed by atoms with Gasteiger partial charge in [-0.05, 0) is 87.2 Å². The Bertz CT molecular complexity index is 1490. The molecule has 240 valence electrons. The number of rotatable bonds is 8. The van der Waals surface area contributed by atoms with E-state index in [4.69, 9.17) is 21.1 Å². The Morgan fingerprint density at radius 1 is 0.978 bits per heavy atom. The van der Waals surface area contributed by atoms with Gasteiger partial charge in [-0.2, -0.15) is 0 Å². The van der Waals surface area contributed by atoms with Gasteiger partial charge in [0.15, 0.2) is 0 Å². The lowest BCUT2D eigenvalue weighted by atomic mass is 9.97. The van der Waals surface area contributed by atoms with Gasteiger partial charge in [0, 0.05) is 25.3 Å². The summed E-state index contributed by atoms with van der Waals surface area (Å²) in [5.41, 5.74) is 0.911. The van der Waals surface area contributed by atoms with Crippen LogP contribution in [0.5, 0.6) is 11.5 Å². The minimum Gasteiger partial charge on any atom is -0.457 e. The Hall–Kier alpha value is -4.11. The Kier molecular flexibility index (Phi) is 10.8. The van der Waals surface area contributed by atoms with E-state index in [0.717, 1.165) is 0 Å². The van der Waals surface area contributed by atoms with Crippen molar-refractivity contribution in [3.63, 3.8) is 0 Å². The number of piperazine rings is 1. The number of amides is 3. The number of carbonyl (C=O) groups excluding carboxylic acids is 3. The van der Waals surface area contributed by atoms with Crippen LogP contribution < -0.4 is 9.64 Å². The summed E-state index contributed by atoms with van der Waals surface area (Å²) in [6.45, 7) is 12.0. The van der Waals surface area contributed by atoms with E-state index in [1.54, 1.807) is 28.0 Å². The minimum atomic E-state index is -1.14. The van der Waals surface area contributed by atoms with Crippen LogP contribution in [0.15, 0.2) is 72.8 Å². The quantitative estimate of drug-likeness (QED) is 0.242. The first kappa shape index (κ1) is 33.8. The predicted molar refractivity (Wildman–Crippen MR) is 173 cm³/mol. The Morgan fingerprint density at radius 2 is 1.64 bits per heavy atom. The van der Waals surface area contributed by atoms with Crippen LogP contribution >= 0.6 is 11.6 Å². The lowest BCUT2D eigenvalue weighted by Gasteiger charge is -2.45. The van der Waals surface area contributed by atoms with Crippen molar-refractivity contribution in [3.8, 4) is 11.5 Å². The summed E-state index contributed by atoms with van der Waals surface area (Å²) >= 11 is 6.15. The second-order valence-electron chi connectivity index (χ2n) is 12.5. The van der Waals surface area contributed by atoms with Crippen LogP contribution in [0.3, 0.4) is 0 Å². The van der Waals surface area contributed by atoms with E-state index in [9.17, 15) is 18.8 Å². The van der Waals surface area contributed by atoms with E-state index in [0.29, 0.717) is 28.3 Å². The molecule has 8 nitrogen and oxygen atoms in total. The van der Waals surface area contributed by atoms with Crippen molar-refractivity contribution in [3.05, 3.63) is 89.7 Å². The molecule has 0 aliphatic carbocycles. The highest BCUT2D eigenvalue weighted by molar-refractivity contribution is 6.30. The fourth-order valence-corrected chi connectivity index (χ4v) is 5.55. The van der Waals surface area contributed by atoms with Gasteiger partial charge in [0.1, 0.15) is 34.8 Å². The van der Waals surface area contributed by atoms with Crippen LogP contribution in [0.25, 0.3) is 0 Å². The van der Waals surface area contributed by atoms with Crippen molar-refractivity contribution in [2.75, 3.05) is 30.4 Å². The first-order chi connectivity index (χ1) is 21.3. The number of nitrogens with zero attached hydrogens (tertiary/aromatic N) is 3. The normalized spacial score (nSPS) is 15.9. The molecule has 0 N–H and O–H groups in total. The molecule has 1 aliphatic rings. The molecule has 4 rings (SSSR count). The lowest BCUT2D eigenvalue weighted by Crippen LogP contribution is -2.60. The molecule has 0 spiro atoms. The van der Waals surface area contributed by atoms with Crippen molar-refractivity contribution >= 4 is 35.2 Å². The van der Waals surface area contributed by atoms with E-state index in [1.807, 2.05) is 71.9 Å². The molecule has 10 heteroatoms. The molecule has 1 unspecified atom stereocenters. The second-order valence-corrected chi connectivity index (χ2v) is 12.8. The smallest absolute Gasteiger partial charge is 0.410 e. The minimum absolute atomic E-state index is 0.0115. The molecule has 1 saturated heterocycles. The molecular formula is C35H41ClFN3O5. The first-order valence-corrected chi connectivity index (χ1v) is 15.6. The number of carbonyl (C=O) groups is 3. The zero-order valence-electron chi connectivity index (χ0n) is 26.6. The van der Waals surface area contributed by atoms with Gasteiger partial charge in [0.2, 0.25) is 5.91 Å². The number of hydrogen-bond acceptors (Lipinski definition) is 5. The third-order valence-corrected chi connectivity index (χ3v) is 7.82. The Balaban J connectivity index is 1.71. The summed E-state index contributed by atoms with van der Waals surface area (Å²) in [4.78, 5) is 46.0. The van der Waals surface area contributed by atoms with Gasteiger partial charge in [0.25, 0.3) is 5.91 Å². The highest BCUT2D eigenvalue weighted by atomic mass is 35.5. The van der Waals surface area contributed by atoms with Crippen LogP contribution in [-0.2, 0) is 14.3 Å². The summed E-state index contributed by atoms with van der Waals surface area (Å²) in [6, 6.07) is 18.6. The average molecular weight is 638 g/mol. The van der Waals surface area contributed by atoms with E-state index < -0.39 is 29.5 Å². The van der Waals surface area contributed by atoms with Gasteiger partial charge < -0.3 is 19.3 Å². The molecule has 3 aromatic carbocycles. The molecule has 1 fully saturated rings. The van der Waals surface area contributed by atoms with Crippen molar-refractivity contribution in [2.24, 2.45) is 5.92 Å². The van der Waals surface area contributed by atoms with Crippen molar-refractivity contribution < 1.29 is 28.2 Å². The zero-order valence-corrected chi connectivity index (χ0v) is 27.4. The van der Waals surface area contributed by atoms with Crippen molar-refractivity contribution in [1.29, 1.82) is 0 Å². The van der Waals surface area contributed by atoms with E-state index in [-0.39, 0.29) is 43.4 Å². The highest BCUT2D eigenvalue weighted by Gasteiger charge is 2.41. The topological polar surface area (TPSA) is 79.4 Å². The predicted octanol–water partition coefficient (Wildman–Crippen LogP) is 7.34. The maximum atomic E-state index is 14.5. The molecule has 3 amide bonds. The zero-order chi connectivity index (χ0) is 32.9. The largest absolute Gasteiger partial charge is 0.457 e. The van der Waals surface area contributed by atoms with Gasteiger partial charge in [-0.15, -0.1) is 11.6 Å². The molecule has 1 heterocycles. The number of para-hydroxylation sites is 1. The van der Waals surface area contributed by atoms with Gasteiger partial charge in [0.05, 0.1) is 6.04 Å². The van der Waals surface area contributed by atoms with Crippen molar-refractivity contribution in [1.82, 2.24) is 9.80 Å². The number of aryl methyl sites for hydroxylation is 1. The summed E-state index contributed by atoms with van der Waals surface area (Å²) in [5, 5.41) is 0. The van der Waals surface area contributed by atoms with Crippen LogP contribution in [0, 0.1) is 18.7 Å². The van der Waals surface area contributed by atoms with Crippen molar-refractivity contribution in [2.45, 2.75) is 59.2 Å². The van der Waals surface area contributed by atoms with Gasteiger partial charge in [-0.25, -0.2) is 9.18 Å². The fourth-order valence-electron chi connectivity index (χ4n) is 5.42. The molecule has 1 aliphatic heterocycles. The van der Waals surface area contributed by atoms with E-state index in [2.05, 4.69) is 0 Å². The highest BCUT2D eigenvalue weighted by Crippen LogP contribution is 2.36. The summed E-state index contributed by atoms with van der Waals surface area (Å²) in [6.07, 6.45) is -0.434. The Morgan fingerprint density at radius 3 is 2.22 bits per heavy atom. The third-order valence-electron chi connectivity index (χ3n) is 7.60. The Labute approximate surface area is 269 Å². The number of hydrogen-bond donors (Lipinski definition) is 0. The summed E-state index contributed by atoms with van der Waals surface area (Å²) < 4.78 is 25.7. The van der Waals surface area contributed by atoms with Crippen LogP contribution in [0.4, 0.5) is 14.9 Å². The van der Waals surface area contributed by atoms with Gasteiger partial charge in [-0.1, -0.05) is 44.2 Å². The fraction of sp³-hybridized carbons (Fsp3) is 0.400. The molecule has 0 saturated carbocycles. The van der Waals surface area contributed by atoms with Crippen LogP contribution in [0.2, 0.25) is 0 Å². The average Bonchev–Trinajstić information content (AvgIpc) is 2.99. The molecule has 3 aromatic rings. The standard InChI is InChI=1S/C35H41ClFN3O5/c1-23(2)30-22-38(18-19-39(30)34(43)45-35(4,5)6)33(42)32(25-12-14-26(37)15-13-25)40(31(41)21-36)29-17-16-28(20-24(29)3)44-27-10-8-7-9-11-27/h7-17,20,23,30,32H,18-19,21-22H2,1-6H3/t30-,32?/m1/s1. The number of benzene rings is 3. The molecule has 0 radical (unpaired) electrons. The van der Waals surface area contributed by atoms with Gasteiger partial charge >= 0.3 is 6.09 Å². The summed E-state index contributed by atoms with van der Waals surface area (Å²) in [5.74, 6) is -0.479. The second kappa shape index (κ2) is 14.3. The monoisotopic (exact) mass is 637 g/mol. The van der Waals surface area contributed by atoms with E-state index in [1.165, 1.54) is 29.2 Å². The summed E-state index contributed by atoms with van der Waals surface area (Å²) in [7, 11) is 0. The van der Waals surface area contributed by atoms with Crippen LogP contribution in [-0.4, -0.2) is 64.9 Å². The number of alkyl halides is 1. The molecule has 0 aromatic heterocycles. The number of anilines is 1. The third kappa shape index (κ3) is 8.34. The van der Waals surface area contributed by atoms with Crippen LogP contribution in [0.1, 0.15) is 51.8 Å². The maximum absolute atomic E-state index is 14.5. The molecule has 45 heavy (non-hydrogen) atoms. The molecular weight excluding hydrogens is 597 g/mol.